The molecule has 1 amide bonds. The van der Waals surface area contributed by atoms with Crippen molar-refractivity contribution in [3.63, 3.8) is 0 Å². The number of aromatic nitrogens is 3. The average Bonchev–Trinajstić information content (AvgIpc) is 3.07. The van der Waals surface area contributed by atoms with E-state index in [2.05, 4.69) is 26.3 Å². The molecule has 2 aromatic rings. The van der Waals surface area contributed by atoms with Gasteiger partial charge in [0.25, 0.3) is 5.91 Å². The van der Waals surface area contributed by atoms with Crippen LogP contribution < -0.4 is 5.32 Å². The first-order valence-electron chi connectivity index (χ1n) is 6.94. The molecule has 1 aliphatic carbocycles. The Hall–Kier alpha value is -1.60. The first-order chi connectivity index (χ1) is 10.1. The Morgan fingerprint density at radius 1 is 1.62 bits per heavy atom. The second kappa shape index (κ2) is 5.65. The van der Waals surface area contributed by atoms with Gasteiger partial charge in [0.1, 0.15) is 5.69 Å². The van der Waals surface area contributed by atoms with E-state index < -0.39 is 6.10 Å². The van der Waals surface area contributed by atoms with Crippen LogP contribution in [0.5, 0.6) is 0 Å². The molecule has 6 nitrogen and oxygen atoms in total. The minimum absolute atomic E-state index is 0.105. The van der Waals surface area contributed by atoms with Crippen LogP contribution in [0.2, 0.25) is 0 Å². The molecule has 2 aromatic heterocycles. The zero-order valence-electron chi connectivity index (χ0n) is 11.6. The van der Waals surface area contributed by atoms with Crippen LogP contribution >= 0.6 is 15.9 Å². The molecule has 3 atom stereocenters. The molecular weight excluding hydrogens is 336 g/mol. The van der Waals surface area contributed by atoms with E-state index in [1.54, 1.807) is 23.1 Å². The fourth-order valence-electron chi connectivity index (χ4n) is 2.74. The molecular formula is C14H17BrN4O2. The number of nitrogens with zero attached hydrogens (tertiary/aromatic N) is 3. The second-order valence-corrected chi connectivity index (χ2v) is 6.10. The van der Waals surface area contributed by atoms with Crippen molar-refractivity contribution in [1.82, 2.24) is 19.7 Å². The van der Waals surface area contributed by atoms with Crippen LogP contribution in [0.15, 0.2) is 35.2 Å². The first kappa shape index (κ1) is 14.3. The predicted octanol–water partition coefficient (Wildman–Crippen LogP) is 1.57. The van der Waals surface area contributed by atoms with Gasteiger partial charge >= 0.3 is 0 Å². The Balaban J connectivity index is 1.73. The van der Waals surface area contributed by atoms with Gasteiger partial charge in [0.05, 0.1) is 18.2 Å². The second-order valence-electron chi connectivity index (χ2n) is 5.19. The Labute approximate surface area is 130 Å². The van der Waals surface area contributed by atoms with Gasteiger partial charge in [-0.25, -0.2) is 0 Å². The topological polar surface area (TPSA) is 72.1 Å². The summed E-state index contributed by atoms with van der Waals surface area (Å²) in [6.45, 7) is 2.72. The maximum Gasteiger partial charge on any atom is 0.268 e. The number of aryl methyl sites for hydroxylation is 1. The third kappa shape index (κ3) is 2.63. The Bertz CT molecular complexity index is 637. The predicted molar refractivity (Wildman–Crippen MR) is 80.9 cm³/mol. The summed E-state index contributed by atoms with van der Waals surface area (Å²) in [6, 6.07) is 3.31. The zero-order valence-corrected chi connectivity index (χ0v) is 13.2. The summed E-state index contributed by atoms with van der Waals surface area (Å²) in [7, 11) is 0. The summed E-state index contributed by atoms with van der Waals surface area (Å²) < 4.78 is 4.47. The smallest absolute Gasteiger partial charge is 0.268 e. The lowest BCUT2D eigenvalue weighted by Gasteiger charge is -2.41. The lowest BCUT2D eigenvalue weighted by Crippen LogP contribution is -2.56. The fourth-order valence-corrected chi connectivity index (χ4v) is 3.21. The maximum atomic E-state index is 12.4. The molecule has 2 N–H and O–H groups in total. The van der Waals surface area contributed by atoms with E-state index >= 15 is 0 Å². The van der Waals surface area contributed by atoms with Crippen LogP contribution in [-0.2, 0) is 6.54 Å². The quantitative estimate of drug-likeness (QED) is 0.877. The van der Waals surface area contributed by atoms with Gasteiger partial charge in [-0.3, -0.25) is 9.48 Å². The molecule has 0 radical (unpaired) electrons. The van der Waals surface area contributed by atoms with Crippen molar-refractivity contribution in [2.45, 2.75) is 38.1 Å². The van der Waals surface area contributed by atoms with Crippen molar-refractivity contribution in [2.24, 2.45) is 0 Å². The van der Waals surface area contributed by atoms with Crippen LogP contribution in [0.25, 0.3) is 0 Å². The molecule has 1 aliphatic rings. The van der Waals surface area contributed by atoms with E-state index in [-0.39, 0.29) is 18.0 Å². The number of hydrogen-bond acceptors (Lipinski definition) is 3. The van der Waals surface area contributed by atoms with Crippen LogP contribution in [0.1, 0.15) is 29.9 Å². The highest BCUT2D eigenvalue weighted by Crippen LogP contribution is 2.32. The summed E-state index contributed by atoms with van der Waals surface area (Å²) in [5, 5.41) is 17.1. The lowest BCUT2D eigenvalue weighted by molar-refractivity contribution is -0.00600. The number of aliphatic hydroxyl groups excluding tert-OH is 1. The number of carbonyl (C=O) groups is 1. The van der Waals surface area contributed by atoms with Crippen LogP contribution in [0.3, 0.4) is 0 Å². The highest BCUT2D eigenvalue weighted by atomic mass is 79.9. The molecule has 0 spiro atoms. The summed E-state index contributed by atoms with van der Waals surface area (Å²) in [5.41, 5.74) is 0.616. The zero-order chi connectivity index (χ0) is 15.0. The van der Waals surface area contributed by atoms with Crippen molar-refractivity contribution >= 4 is 21.8 Å². The summed E-state index contributed by atoms with van der Waals surface area (Å²) in [4.78, 5) is 12.4. The van der Waals surface area contributed by atoms with Gasteiger partial charge in [0.15, 0.2) is 0 Å². The van der Waals surface area contributed by atoms with E-state index in [1.165, 1.54) is 0 Å². The van der Waals surface area contributed by atoms with E-state index in [1.807, 2.05) is 23.8 Å². The number of amides is 1. The number of aliphatic hydroxyl groups is 1. The monoisotopic (exact) mass is 352 g/mol. The lowest BCUT2D eigenvalue weighted by atomic mass is 9.83. The van der Waals surface area contributed by atoms with Crippen molar-refractivity contribution < 1.29 is 9.90 Å². The third-order valence-corrected chi connectivity index (χ3v) is 4.32. The highest BCUT2D eigenvalue weighted by molar-refractivity contribution is 9.10. The molecule has 2 heterocycles. The van der Waals surface area contributed by atoms with Crippen molar-refractivity contribution in [1.29, 1.82) is 0 Å². The molecule has 1 fully saturated rings. The van der Waals surface area contributed by atoms with E-state index in [9.17, 15) is 9.90 Å². The van der Waals surface area contributed by atoms with Gasteiger partial charge in [0, 0.05) is 29.6 Å². The third-order valence-electron chi connectivity index (χ3n) is 3.89. The van der Waals surface area contributed by atoms with Crippen LogP contribution in [-0.4, -0.2) is 37.5 Å². The number of hydrogen-bond donors (Lipinski definition) is 2. The Kier molecular flexibility index (Phi) is 3.86. The molecule has 7 heteroatoms. The maximum absolute atomic E-state index is 12.4. The SMILES string of the molecule is CCn1cc(Br)cc1C(=O)N[C@H]1C[C@@H](O)[C@@H]1n1cccn1. The van der Waals surface area contributed by atoms with Gasteiger partial charge in [0.2, 0.25) is 0 Å². The standard InChI is InChI=1S/C14H17BrN4O2/c1-2-18-8-9(15)6-11(18)14(21)17-10-7-12(20)13(10)19-5-3-4-16-19/h3-6,8,10,12-13,20H,2,7H2,1H3,(H,17,21)/t10-,12+,13+/m0/s1. The number of halogens is 1. The van der Waals surface area contributed by atoms with E-state index in [0.29, 0.717) is 12.1 Å². The van der Waals surface area contributed by atoms with E-state index in [0.717, 1.165) is 11.0 Å². The molecule has 0 bridgehead atoms. The van der Waals surface area contributed by atoms with Gasteiger partial charge in [-0.15, -0.1) is 0 Å². The van der Waals surface area contributed by atoms with Crippen LogP contribution in [0.4, 0.5) is 0 Å². The Morgan fingerprint density at radius 3 is 3.05 bits per heavy atom. The van der Waals surface area contributed by atoms with Crippen molar-refractivity contribution in [2.75, 3.05) is 0 Å². The summed E-state index contributed by atoms with van der Waals surface area (Å²) in [5.74, 6) is -0.128. The van der Waals surface area contributed by atoms with E-state index in [4.69, 9.17) is 0 Å². The summed E-state index contributed by atoms with van der Waals surface area (Å²) >= 11 is 3.39. The normalized spacial score (nSPS) is 24.6. The van der Waals surface area contributed by atoms with Crippen LogP contribution in [0, 0.1) is 0 Å². The van der Waals surface area contributed by atoms with Gasteiger partial charge in [-0.1, -0.05) is 0 Å². The molecule has 0 aliphatic heterocycles. The minimum Gasteiger partial charge on any atom is -0.391 e. The summed E-state index contributed by atoms with van der Waals surface area (Å²) in [6.07, 6.45) is 5.43. The molecule has 1 saturated carbocycles. The number of carbonyl (C=O) groups excluding carboxylic acids is 1. The minimum atomic E-state index is -0.472. The average molecular weight is 353 g/mol. The molecule has 0 unspecified atom stereocenters. The van der Waals surface area contributed by atoms with Crippen molar-refractivity contribution in [3.05, 3.63) is 40.9 Å². The Morgan fingerprint density at radius 2 is 2.43 bits per heavy atom. The highest BCUT2D eigenvalue weighted by Gasteiger charge is 2.42. The fraction of sp³-hybridized carbons (Fsp3) is 0.429. The van der Waals surface area contributed by atoms with Crippen molar-refractivity contribution in [3.8, 4) is 0 Å². The molecule has 0 saturated heterocycles. The number of rotatable bonds is 4. The largest absolute Gasteiger partial charge is 0.391 e. The molecule has 112 valence electrons. The molecule has 0 aromatic carbocycles. The van der Waals surface area contributed by atoms with Gasteiger partial charge in [-0.05, 0) is 41.4 Å². The molecule has 3 rings (SSSR count). The van der Waals surface area contributed by atoms with Gasteiger partial charge in [-0.2, -0.15) is 5.10 Å². The molecule has 21 heavy (non-hydrogen) atoms. The first-order valence-corrected chi connectivity index (χ1v) is 7.73. The van der Waals surface area contributed by atoms with Gasteiger partial charge < -0.3 is 15.0 Å². The number of nitrogens with one attached hydrogen (secondary N) is 1.